The van der Waals surface area contributed by atoms with E-state index in [1.807, 2.05) is 0 Å². The van der Waals surface area contributed by atoms with Crippen LogP contribution < -0.4 is 16.3 Å². The highest BCUT2D eigenvalue weighted by Gasteiger charge is 2.13. The van der Waals surface area contributed by atoms with E-state index in [0.29, 0.717) is 10.9 Å². The molecular formula is C15H17N3O4. The van der Waals surface area contributed by atoms with Crippen LogP contribution in [0.2, 0.25) is 0 Å². The Labute approximate surface area is 126 Å². The van der Waals surface area contributed by atoms with Crippen LogP contribution in [-0.2, 0) is 9.53 Å². The summed E-state index contributed by atoms with van der Waals surface area (Å²) in [6.07, 6.45) is 1.22. The third kappa shape index (κ3) is 3.70. The van der Waals surface area contributed by atoms with Crippen molar-refractivity contribution in [1.82, 2.24) is 15.8 Å². The average Bonchev–Trinajstić information content (AvgIpc) is 2.51. The van der Waals surface area contributed by atoms with Crippen molar-refractivity contribution >= 4 is 22.7 Å². The molecule has 7 heteroatoms. The lowest BCUT2D eigenvalue weighted by molar-refractivity contribution is -0.127. The summed E-state index contributed by atoms with van der Waals surface area (Å²) >= 11 is 0. The van der Waals surface area contributed by atoms with Crippen LogP contribution in [0.25, 0.3) is 10.9 Å². The number of carbonyl (C=O) groups is 2. The fraction of sp³-hybridized carbons (Fsp3) is 0.267. The molecule has 1 heterocycles. The zero-order valence-electron chi connectivity index (χ0n) is 12.3. The predicted molar refractivity (Wildman–Crippen MR) is 81.3 cm³/mol. The molecule has 1 aromatic carbocycles. The van der Waals surface area contributed by atoms with Gasteiger partial charge in [-0.1, -0.05) is 12.1 Å². The fourth-order valence-corrected chi connectivity index (χ4v) is 1.81. The number of fused-ring (bicyclic) bond motifs is 1. The van der Waals surface area contributed by atoms with Crippen molar-refractivity contribution in [1.29, 1.82) is 0 Å². The molecule has 0 radical (unpaired) electrons. The molecule has 7 nitrogen and oxygen atoms in total. The molecule has 2 rings (SSSR count). The molecule has 2 aromatic rings. The zero-order chi connectivity index (χ0) is 16.1. The molecule has 1 aromatic heterocycles. The summed E-state index contributed by atoms with van der Waals surface area (Å²) in [5, 5.41) is 0.407. The van der Waals surface area contributed by atoms with Crippen molar-refractivity contribution in [3.63, 3.8) is 0 Å². The van der Waals surface area contributed by atoms with E-state index in [4.69, 9.17) is 4.74 Å². The lowest BCUT2D eigenvalue weighted by atomic mass is 10.1. The molecule has 0 aliphatic carbocycles. The lowest BCUT2D eigenvalue weighted by Gasteiger charge is -2.09. The van der Waals surface area contributed by atoms with Gasteiger partial charge < -0.3 is 9.72 Å². The van der Waals surface area contributed by atoms with Gasteiger partial charge in [0.2, 0.25) is 5.43 Å². The Balaban J connectivity index is 2.06. The molecule has 0 spiro atoms. The summed E-state index contributed by atoms with van der Waals surface area (Å²) in [7, 11) is 0. The number of benzene rings is 1. The molecule has 116 valence electrons. The van der Waals surface area contributed by atoms with Gasteiger partial charge in [-0.25, -0.2) is 0 Å². The minimum absolute atomic E-state index is 0.0798. The number of hydrazine groups is 1. The van der Waals surface area contributed by atoms with E-state index in [2.05, 4.69) is 15.8 Å². The number of nitrogens with one attached hydrogen (secondary N) is 3. The van der Waals surface area contributed by atoms with Crippen LogP contribution in [0, 0.1) is 0 Å². The first-order chi connectivity index (χ1) is 10.5. The molecule has 0 saturated heterocycles. The second kappa shape index (κ2) is 6.86. The molecule has 3 N–H and O–H groups in total. The summed E-state index contributed by atoms with van der Waals surface area (Å²) < 4.78 is 5.09. The molecule has 0 atom stereocenters. The highest BCUT2D eigenvalue weighted by Crippen LogP contribution is 2.06. The highest BCUT2D eigenvalue weighted by molar-refractivity contribution is 5.97. The number of hydrogen-bond donors (Lipinski definition) is 3. The number of carbonyl (C=O) groups excluding carboxylic acids is 2. The molecule has 0 fully saturated rings. The number of pyridine rings is 1. The Bertz CT molecular complexity index is 752. The minimum Gasteiger partial charge on any atom is -0.369 e. The summed E-state index contributed by atoms with van der Waals surface area (Å²) in [4.78, 5) is 38.5. The summed E-state index contributed by atoms with van der Waals surface area (Å²) in [5.41, 5.74) is 4.54. The Kier molecular flexibility index (Phi) is 4.90. The van der Waals surface area contributed by atoms with Gasteiger partial charge in [0.1, 0.15) is 12.2 Å². The number of rotatable bonds is 4. The first kappa shape index (κ1) is 15.7. The van der Waals surface area contributed by atoms with Gasteiger partial charge in [0.25, 0.3) is 11.8 Å². The fourth-order valence-electron chi connectivity index (χ4n) is 1.81. The third-order valence-corrected chi connectivity index (χ3v) is 2.90. The first-order valence-electron chi connectivity index (χ1n) is 6.80. The second-order valence-electron chi connectivity index (χ2n) is 4.94. The molecule has 0 bridgehead atoms. The normalized spacial score (nSPS) is 10.7. The Morgan fingerprint density at radius 3 is 2.68 bits per heavy atom. The largest absolute Gasteiger partial charge is 0.369 e. The Morgan fingerprint density at radius 2 is 1.95 bits per heavy atom. The van der Waals surface area contributed by atoms with E-state index in [0.717, 1.165) is 0 Å². The third-order valence-electron chi connectivity index (χ3n) is 2.90. The van der Waals surface area contributed by atoms with Gasteiger partial charge in [-0.2, -0.15) is 0 Å². The van der Waals surface area contributed by atoms with Crippen molar-refractivity contribution in [2.24, 2.45) is 0 Å². The van der Waals surface area contributed by atoms with Crippen LogP contribution in [-0.4, -0.2) is 29.5 Å². The van der Waals surface area contributed by atoms with E-state index < -0.39 is 17.2 Å². The predicted octanol–water partition coefficient (Wildman–Crippen LogP) is 0.714. The summed E-state index contributed by atoms with van der Waals surface area (Å²) in [5.74, 6) is -1.19. The Hall–Kier alpha value is -2.67. The summed E-state index contributed by atoms with van der Waals surface area (Å²) in [6.45, 7) is 3.41. The SMILES string of the molecule is CC(C)OCC(=O)NNC(=O)c1c[nH]c2ccccc2c1=O. The van der Waals surface area contributed by atoms with E-state index in [1.54, 1.807) is 38.1 Å². The number of H-pyrrole nitrogens is 1. The van der Waals surface area contributed by atoms with Crippen LogP contribution in [0.1, 0.15) is 24.2 Å². The van der Waals surface area contributed by atoms with E-state index in [-0.39, 0.29) is 18.3 Å². The van der Waals surface area contributed by atoms with Crippen LogP contribution in [0.3, 0.4) is 0 Å². The maximum atomic E-state index is 12.2. The standard InChI is InChI=1S/C15H17N3O4/c1-9(2)22-8-13(19)17-18-15(21)11-7-16-12-6-4-3-5-10(12)14(11)20/h3-7,9H,8H2,1-2H3,(H,16,20)(H,17,19)(H,18,21). The smallest absolute Gasteiger partial charge is 0.275 e. The number of ether oxygens (including phenoxy) is 1. The second-order valence-corrected chi connectivity index (χ2v) is 4.94. The van der Waals surface area contributed by atoms with Crippen molar-refractivity contribution in [2.45, 2.75) is 20.0 Å². The topological polar surface area (TPSA) is 100 Å². The van der Waals surface area contributed by atoms with Crippen molar-refractivity contribution < 1.29 is 14.3 Å². The van der Waals surface area contributed by atoms with Gasteiger partial charge in [-0.05, 0) is 26.0 Å². The quantitative estimate of drug-likeness (QED) is 0.724. The van der Waals surface area contributed by atoms with E-state index >= 15 is 0 Å². The molecule has 0 saturated carbocycles. The maximum Gasteiger partial charge on any atom is 0.275 e. The van der Waals surface area contributed by atoms with Crippen molar-refractivity contribution in [2.75, 3.05) is 6.61 Å². The van der Waals surface area contributed by atoms with Gasteiger partial charge in [0.05, 0.1) is 6.10 Å². The number of hydrogen-bond acceptors (Lipinski definition) is 4. The van der Waals surface area contributed by atoms with E-state index in [1.165, 1.54) is 6.20 Å². The number of para-hydroxylation sites is 1. The maximum absolute atomic E-state index is 12.2. The van der Waals surface area contributed by atoms with Crippen molar-refractivity contribution in [3.8, 4) is 0 Å². The first-order valence-corrected chi connectivity index (χ1v) is 6.80. The molecule has 0 aliphatic heterocycles. The van der Waals surface area contributed by atoms with Crippen molar-refractivity contribution in [3.05, 3.63) is 46.2 Å². The molecule has 0 aliphatic rings. The Morgan fingerprint density at radius 1 is 1.23 bits per heavy atom. The molecular weight excluding hydrogens is 286 g/mol. The molecule has 2 amide bonds. The van der Waals surface area contributed by atoms with Gasteiger partial charge >= 0.3 is 0 Å². The van der Waals surface area contributed by atoms with Crippen LogP contribution in [0.4, 0.5) is 0 Å². The number of aromatic amines is 1. The van der Waals surface area contributed by atoms with Crippen LogP contribution in [0.15, 0.2) is 35.3 Å². The highest BCUT2D eigenvalue weighted by atomic mass is 16.5. The van der Waals surface area contributed by atoms with Crippen LogP contribution >= 0.6 is 0 Å². The van der Waals surface area contributed by atoms with Gasteiger partial charge in [-0.3, -0.25) is 25.2 Å². The number of amides is 2. The molecule has 0 unspecified atom stereocenters. The lowest BCUT2D eigenvalue weighted by Crippen LogP contribution is -2.44. The zero-order valence-corrected chi connectivity index (χ0v) is 12.3. The average molecular weight is 303 g/mol. The van der Waals surface area contributed by atoms with Gasteiger partial charge in [0.15, 0.2) is 0 Å². The van der Waals surface area contributed by atoms with Crippen LogP contribution in [0.5, 0.6) is 0 Å². The minimum atomic E-state index is -0.690. The van der Waals surface area contributed by atoms with Gasteiger partial charge in [-0.15, -0.1) is 0 Å². The monoisotopic (exact) mass is 303 g/mol. The van der Waals surface area contributed by atoms with Gasteiger partial charge in [0, 0.05) is 17.1 Å². The van der Waals surface area contributed by atoms with E-state index in [9.17, 15) is 14.4 Å². The number of aromatic nitrogens is 1. The summed E-state index contributed by atoms with van der Waals surface area (Å²) in [6, 6.07) is 6.86. The molecule has 22 heavy (non-hydrogen) atoms.